The third-order valence-corrected chi connectivity index (χ3v) is 5.77. The molecule has 4 rings (SSSR count). The highest BCUT2D eigenvalue weighted by atomic mass is 35.5. The van der Waals surface area contributed by atoms with Crippen molar-refractivity contribution in [2.45, 2.75) is 19.4 Å². The van der Waals surface area contributed by atoms with Gasteiger partial charge in [-0.25, -0.2) is 0 Å². The van der Waals surface area contributed by atoms with E-state index in [2.05, 4.69) is 61.8 Å². The molecule has 0 bridgehead atoms. The number of piperazine rings is 1. The van der Waals surface area contributed by atoms with Crippen LogP contribution < -0.4 is 15.6 Å². The van der Waals surface area contributed by atoms with Crippen molar-refractivity contribution in [2.24, 2.45) is 5.10 Å². The SMILES string of the molecule is CC1CN(c2ccccc2)CCN1C(=S)N/N=C1/CCNc2c(Cl)ccnc21. The van der Waals surface area contributed by atoms with Gasteiger partial charge in [-0.2, -0.15) is 5.10 Å². The van der Waals surface area contributed by atoms with E-state index in [4.69, 9.17) is 23.8 Å². The van der Waals surface area contributed by atoms with E-state index in [-0.39, 0.29) is 0 Å². The molecule has 2 N–H and O–H groups in total. The molecule has 3 heterocycles. The zero-order valence-corrected chi connectivity index (χ0v) is 17.3. The van der Waals surface area contributed by atoms with Crippen molar-refractivity contribution in [3.8, 4) is 0 Å². The Morgan fingerprint density at radius 1 is 1.29 bits per heavy atom. The molecule has 1 aromatic heterocycles. The van der Waals surface area contributed by atoms with E-state index in [1.54, 1.807) is 12.3 Å². The van der Waals surface area contributed by atoms with Gasteiger partial charge in [0.2, 0.25) is 0 Å². The predicted molar refractivity (Wildman–Crippen MR) is 119 cm³/mol. The number of anilines is 2. The lowest BCUT2D eigenvalue weighted by Gasteiger charge is -2.41. The van der Waals surface area contributed by atoms with E-state index in [1.807, 2.05) is 6.07 Å². The minimum Gasteiger partial charge on any atom is -0.382 e. The summed E-state index contributed by atoms with van der Waals surface area (Å²) in [6, 6.07) is 12.6. The molecular weight excluding hydrogens is 392 g/mol. The fourth-order valence-corrected chi connectivity index (χ4v) is 4.20. The zero-order chi connectivity index (χ0) is 19.5. The first-order valence-electron chi connectivity index (χ1n) is 9.45. The molecule has 2 aliphatic rings. The summed E-state index contributed by atoms with van der Waals surface area (Å²) in [5.41, 5.74) is 6.83. The Kier molecular flexibility index (Phi) is 5.64. The molecule has 1 fully saturated rings. The molecule has 0 amide bonds. The smallest absolute Gasteiger partial charge is 0.189 e. The van der Waals surface area contributed by atoms with Crippen LogP contribution in [0.5, 0.6) is 0 Å². The fourth-order valence-electron chi connectivity index (χ4n) is 3.67. The number of pyridine rings is 1. The molecule has 6 nitrogen and oxygen atoms in total. The second-order valence-electron chi connectivity index (χ2n) is 6.99. The molecule has 2 aromatic rings. The van der Waals surface area contributed by atoms with Crippen molar-refractivity contribution in [3.63, 3.8) is 0 Å². The number of para-hydroxylation sites is 1. The second-order valence-corrected chi connectivity index (χ2v) is 7.79. The van der Waals surface area contributed by atoms with Crippen LogP contribution in [0.25, 0.3) is 0 Å². The van der Waals surface area contributed by atoms with Gasteiger partial charge in [0.15, 0.2) is 5.11 Å². The van der Waals surface area contributed by atoms with Gasteiger partial charge in [0.05, 0.1) is 16.4 Å². The van der Waals surface area contributed by atoms with Gasteiger partial charge in [-0.1, -0.05) is 29.8 Å². The highest BCUT2D eigenvalue weighted by molar-refractivity contribution is 7.80. The Morgan fingerprint density at radius 2 is 2.11 bits per heavy atom. The molecule has 146 valence electrons. The van der Waals surface area contributed by atoms with E-state index < -0.39 is 0 Å². The number of hydrogen-bond donors (Lipinski definition) is 2. The number of halogens is 1. The highest BCUT2D eigenvalue weighted by Crippen LogP contribution is 2.28. The Labute approximate surface area is 175 Å². The fraction of sp³-hybridized carbons (Fsp3) is 0.350. The minimum absolute atomic E-state index is 0.294. The number of hydrazone groups is 1. The van der Waals surface area contributed by atoms with Crippen LogP contribution >= 0.6 is 23.8 Å². The second kappa shape index (κ2) is 8.32. The van der Waals surface area contributed by atoms with Crippen molar-refractivity contribution < 1.29 is 0 Å². The summed E-state index contributed by atoms with van der Waals surface area (Å²) in [4.78, 5) is 9.02. The number of rotatable bonds is 2. The van der Waals surface area contributed by atoms with Gasteiger partial charge in [0, 0.05) is 50.5 Å². The van der Waals surface area contributed by atoms with Crippen LogP contribution in [0.4, 0.5) is 11.4 Å². The van der Waals surface area contributed by atoms with Gasteiger partial charge in [-0.15, -0.1) is 0 Å². The topological polar surface area (TPSA) is 55.8 Å². The van der Waals surface area contributed by atoms with Crippen molar-refractivity contribution in [1.82, 2.24) is 15.3 Å². The molecule has 0 radical (unpaired) electrons. The molecule has 1 atom stereocenters. The summed E-state index contributed by atoms with van der Waals surface area (Å²) < 4.78 is 0. The number of benzene rings is 1. The normalized spacial score (nSPS) is 20.5. The first-order valence-corrected chi connectivity index (χ1v) is 10.2. The van der Waals surface area contributed by atoms with Crippen LogP contribution in [-0.2, 0) is 0 Å². The Hall–Kier alpha value is -2.38. The van der Waals surface area contributed by atoms with Gasteiger partial charge in [0.1, 0.15) is 5.69 Å². The summed E-state index contributed by atoms with van der Waals surface area (Å²) >= 11 is 11.9. The lowest BCUT2D eigenvalue weighted by Crippen LogP contribution is -2.56. The molecule has 0 spiro atoms. The predicted octanol–water partition coefficient (Wildman–Crippen LogP) is 3.34. The standard InChI is InChI=1S/C20H23ClN6S/c1-14-13-26(15-5-3-2-4-6-15)11-12-27(14)20(28)25-24-17-8-10-22-18-16(21)7-9-23-19(17)18/h2-7,9,14,22H,8,10-13H2,1H3,(H,25,28)/b24-17-. The van der Waals surface area contributed by atoms with Gasteiger partial charge in [-0.05, 0) is 37.3 Å². The molecule has 1 aromatic carbocycles. The average molecular weight is 415 g/mol. The summed E-state index contributed by atoms with van der Waals surface area (Å²) in [6.07, 6.45) is 2.47. The number of hydrogen-bond acceptors (Lipinski definition) is 5. The maximum atomic E-state index is 6.26. The highest BCUT2D eigenvalue weighted by Gasteiger charge is 2.26. The number of fused-ring (bicyclic) bond motifs is 1. The van der Waals surface area contributed by atoms with E-state index in [9.17, 15) is 0 Å². The monoisotopic (exact) mass is 414 g/mol. The zero-order valence-electron chi connectivity index (χ0n) is 15.7. The van der Waals surface area contributed by atoms with Gasteiger partial charge in [0.25, 0.3) is 0 Å². The summed E-state index contributed by atoms with van der Waals surface area (Å²) in [6.45, 7) is 5.67. The van der Waals surface area contributed by atoms with Crippen LogP contribution in [0.15, 0.2) is 47.7 Å². The van der Waals surface area contributed by atoms with E-state index in [0.29, 0.717) is 16.2 Å². The van der Waals surface area contributed by atoms with Gasteiger partial charge in [-0.3, -0.25) is 10.4 Å². The molecular formula is C20H23ClN6S. The van der Waals surface area contributed by atoms with Crippen molar-refractivity contribution >= 4 is 46.0 Å². The summed E-state index contributed by atoms with van der Waals surface area (Å²) in [5, 5.41) is 9.15. The molecule has 0 saturated carbocycles. The quantitative estimate of drug-likeness (QED) is 0.580. The molecule has 0 aliphatic carbocycles. The molecule has 2 aliphatic heterocycles. The largest absolute Gasteiger partial charge is 0.382 e. The molecule has 28 heavy (non-hydrogen) atoms. The van der Waals surface area contributed by atoms with Crippen LogP contribution in [0, 0.1) is 0 Å². The summed E-state index contributed by atoms with van der Waals surface area (Å²) in [7, 11) is 0. The number of aromatic nitrogens is 1. The molecule has 1 saturated heterocycles. The third-order valence-electron chi connectivity index (χ3n) is 5.13. The number of thiocarbonyl (C=S) groups is 1. The first kappa shape index (κ1) is 19.0. The van der Waals surface area contributed by atoms with Crippen LogP contribution in [0.2, 0.25) is 5.02 Å². The van der Waals surface area contributed by atoms with E-state index in [0.717, 1.165) is 49.7 Å². The van der Waals surface area contributed by atoms with Gasteiger partial charge < -0.3 is 15.1 Å². The first-order chi connectivity index (χ1) is 13.6. The number of nitrogens with one attached hydrogen (secondary N) is 2. The maximum absolute atomic E-state index is 6.26. The van der Waals surface area contributed by atoms with Crippen LogP contribution in [-0.4, -0.2) is 52.9 Å². The van der Waals surface area contributed by atoms with E-state index in [1.165, 1.54) is 5.69 Å². The van der Waals surface area contributed by atoms with Crippen LogP contribution in [0.3, 0.4) is 0 Å². The van der Waals surface area contributed by atoms with Crippen molar-refractivity contribution in [1.29, 1.82) is 0 Å². The van der Waals surface area contributed by atoms with Crippen LogP contribution in [0.1, 0.15) is 19.0 Å². The van der Waals surface area contributed by atoms with E-state index >= 15 is 0 Å². The summed E-state index contributed by atoms with van der Waals surface area (Å²) in [5.74, 6) is 0. The third kappa shape index (κ3) is 3.91. The number of nitrogens with zero attached hydrogens (tertiary/aromatic N) is 4. The minimum atomic E-state index is 0.294. The molecule has 8 heteroatoms. The van der Waals surface area contributed by atoms with Crippen molar-refractivity contribution in [2.75, 3.05) is 36.4 Å². The maximum Gasteiger partial charge on any atom is 0.189 e. The van der Waals surface area contributed by atoms with Crippen molar-refractivity contribution in [3.05, 3.63) is 53.3 Å². The Morgan fingerprint density at radius 3 is 2.89 bits per heavy atom. The molecule has 1 unspecified atom stereocenters. The lowest BCUT2D eigenvalue weighted by molar-refractivity contribution is 0.295. The van der Waals surface area contributed by atoms with Gasteiger partial charge >= 0.3 is 0 Å². The Balaban J connectivity index is 1.41. The lowest BCUT2D eigenvalue weighted by atomic mass is 10.1. The average Bonchev–Trinajstić information content (AvgIpc) is 2.73. The Bertz CT molecular complexity index is 888.